The summed E-state index contributed by atoms with van der Waals surface area (Å²) in [5, 5.41) is 5.79. The Balaban J connectivity index is 2.23. The van der Waals surface area contributed by atoms with E-state index in [1.54, 1.807) is 13.0 Å². The topological polar surface area (TPSA) is 137 Å². The molecule has 3 amide bonds. The fraction of sp³-hybridized carbons (Fsp3) is 0.235. The van der Waals surface area contributed by atoms with Crippen LogP contribution in [0.1, 0.15) is 22.8 Å². The maximum absolute atomic E-state index is 11.6. The van der Waals surface area contributed by atoms with Gasteiger partial charge in [0.1, 0.15) is 11.0 Å². The third-order valence-corrected chi connectivity index (χ3v) is 4.71. The largest absolute Gasteiger partial charge is 0.468 e. The summed E-state index contributed by atoms with van der Waals surface area (Å²) in [4.78, 5) is 34.9. The molecular formula is C17H20N4O4S. The second-order valence-electron chi connectivity index (χ2n) is 5.53. The van der Waals surface area contributed by atoms with Gasteiger partial charge in [-0.15, -0.1) is 11.3 Å². The molecule has 1 atom stereocenters. The highest BCUT2D eigenvalue weighted by molar-refractivity contribution is 7.20. The van der Waals surface area contributed by atoms with E-state index < -0.39 is 18.0 Å². The van der Waals surface area contributed by atoms with Gasteiger partial charge in [-0.3, -0.25) is 14.9 Å². The van der Waals surface area contributed by atoms with Crippen LogP contribution < -0.4 is 22.1 Å². The van der Waals surface area contributed by atoms with Crippen molar-refractivity contribution in [2.45, 2.75) is 19.5 Å². The van der Waals surface area contributed by atoms with E-state index in [1.807, 2.05) is 24.3 Å². The van der Waals surface area contributed by atoms with Gasteiger partial charge < -0.3 is 21.5 Å². The van der Waals surface area contributed by atoms with Crippen LogP contribution >= 0.6 is 11.3 Å². The van der Waals surface area contributed by atoms with E-state index in [0.717, 1.165) is 16.0 Å². The number of carbonyl (C=O) groups is 3. The Hall–Kier alpha value is -2.91. The van der Waals surface area contributed by atoms with Gasteiger partial charge in [-0.25, -0.2) is 4.79 Å². The predicted octanol–water partition coefficient (Wildman–Crippen LogP) is 1.66. The van der Waals surface area contributed by atoms with Gasteiger partial charge in [0, 0.05) is 11.4 Å². The average molecular weight is 376 g/mol. The van der Waals surface area contributed by atoms with Gasteiger partial charge in [-0.1, -0.05) is 18.2 Å². The molecule has 6 N–H and O–H groups in total. The van der Waals surface area contributed by atoms with Crippen molar-refractivity contribution in [3.63, 3.8) is 0 Å². The van der Waals surface area contributed by atoms with Gasteiger partial charge in [0.2, 0.25) is 0 Å². The first-order chi connectivity index (χ1) is 12.3. The van der Waals surface area contributed by atoms with Gasteiger partial charge in [-0.2, -0.15) is 0 Å². The molecular weight excluding hydrogens is 356 g/mol. The molecule has 1 aromatic carbocycles. The molecule has 0 aliphatic heterocycles. The standard InChI is InChI=1S/C17H20N4O4S/c1-9(16(23)25-2)20-8-10-4-3-5-11(6-10)13-7-12(14(18)22)15(26-13)21-17(19)24/h3-7,9,20H,8H2,1-2H3,(H2,18,22)(H3,19,21,24)/t9-/m0/s1. The molecule has 138 valence electrons. The molecule has 26 heavy (non-hydrogen) atoms. The van der Waals surface area contributed by atoms with Gasteiger partial charge in [-0.05, 0) is 30.2 Å². The molecule has 0 fully saturated rings. The fourth-order valence-electron chi connectivity index (χ4n) is 2.29. The summed E-state index contributed by atoms with van der Waals surface area (Å²) in [6, 6.07) is 7.97. The number of hydrogen-bond donors (Lipinski definition) is 4. The Morgan fingerprint density at radius 3 is 2.58 bits per heavy atom. The molecule has 0 aliphatic carbocycles. The van der Waals surface area contributed by atoms with Crippen molar-refractivity contribution in [2.75, 3.05) is 12.4 Å². The normalized spacial score (nSPS) is 11.6. The smallest absolute Gasteiger partial charge is 0.322 e. The van der Waals surface area contributed by atoms with E-state index >= 15 is 0 Å². The molecule has 0 aliphatic rings. The maximum atomic E-state index is 11.6. The lowest BCUT2D eigenvalue weighted by Gasteiger charge is -2.11. The molecule has 0 spiro atoms. The Kier molecular flexibility index (Phi) is 6.31. The number of carbonyl (C=O) groups excluding carboxylic acids is 3. The highest BCUT2D eigenvalue weighted by Crippen LogP contribution is 2.35. The number of benzene rings is 1. The minimum Gasteiger partial charge on any atom is -0.468 e. The van der Waals surface area contributed by atoms with Crippen LogP contribution in [0.4, 0.5) is 9.80 Å². The van der Waals surface area contributed by atoms with E-state index in [1.165, 1.54) is 18.4 Å². The van der Waals surface area contributed by atoms with E-state index in [2.05, 4.69) is 15.4 Å². The van der Waals surface area contributed by atoms with Crippen molar-refractivity contribution < 1.29 is 19.1 Å². The Bertz CT molecular complexity index is 834. The number of urea groups is 1. The number of rotatable bonds is 7. The summed E-state index contributed by atoms with van der Waals surface area (Å²) in [6.07, 6.45) is 0. The molecule has 0 bridgehead atoms. The first-order valence-electron chi connectivity index (χ1n) is 7.72. The minimum atomic E-state index is -0.768. The van der Waals surface area contributed by atoms with Crippen LogP contribution in [0.5, 0.6) is 0 Å². The lowest BCUT2D eigenvalue weighted by Crippen LogP contribution is -2.34. The van der Waals surface area contributed by atoms with Crippen molar-refractivity contribution in [1.82, 2.24) is 5.32 Å². The molecule has 0 saturated heterocycles. The van der Waals surface area contributed by atoms with E-state index in [9.17, 15) is 14.4 Å². The van der Waals surface area contributed by atoms with Crippen molar-refractivity contribution in [1.29, 1.82) is 0 Å². The number of nitrogens with one attached hydrogen (secondary N) is 2. The third kappa shape index (κ3) is 4.80. The molecule has 9 heteroatoms. The summed E-state index contributed by atoms with van der Waals surface area (Å²) < 4.78 is 4.68. The lowest BCUT2D eigenvalue weighted by molar-refractivity contribution is -0.142. The summed E-state index contributed by atoms with van der Waals surface area (Å²) >= 11 is 1.20. The van der Waals surface area contributed by atoms with Crippen LogP contribution in [0, 0.1) is 0 Å². The van der Waals surface area contributed by atoms with Gasteiger partial charge in [0.05, 0.1) is 12.7 Å². The molecule has 0 radical (unpaired) electrons. The van der Waals surface area contributed by atoms with Crippen LogP contribution in [0.15, 0.2) is 30.3 Å². The van der Waals surface area contributed by atoms with Gasteiger partial charge in [0.15, 0.2) is 0 Å². The fourth-order valence-corrected chi connectivity index (χ4v) is 3.35. The van der Waals surface area contributed by atoms with Crippen molar-refractivity contribution in [3.05, 3.63) is 41.5 Å². The Labute approximate surface area is 154 Å². The van der Waals surface area contributed by atoms with E-state index in [-0.39, 0.29) is 11.5 Å². The summed E-state index contributed by atoms with van der Waals surface area (Å²) in [7, 11) is 1.34. The highest BCUT2D eigenvalue weighted by atomic mass is 32.1. The lowest BCUT2D eigenvalue weighted by atomic mass is 10.1. The van der Waals surface area contributed by atoms with Crippen LogP contribution in [-0.2, 0) is 16.1 Å². The number of nitrogens with two attached hydrogens (primary N) is 2. The van der Waals surface area contributed by atoms with Crippen molar-refractivity contribution in [2.24, 2.45) is 11.5 Å². The number of thiophene rings is 1. The monoisotopic (exact) mass is 376 g/mol. The zero-order valence-electron chi connectivity index (χ0n) is 14.4. The maximum Gasteiger partial charge on any atom is 0.322 e. The SMILES string of the molecule is COC(=O)[C@H](C)NCc1cccc(-c2cc(C(N)=O)c(NC(N)=O)s2)c1. The van der Waals surface area contributed by atoms with Crippen LogP contribution in [0.3, 0.4) is 0 Å². The van der Waals surface area contributed by atoms with Crippen molar-refractivity contribution >= 4 is 34.2 Å². The highest BCUT2D eigenvalue weighted by Gasteiger charge is 2.16. The van der Waals surface area contributed by atoms with E-state index in [0.29, 0.717) is 11.5 Å². The zero-order chi connectivity index (χ0) is 19.3. The number of esters is 1. The molecule has 2 rings (SSSR count). The number of anilines is 1. The third-order valence-electron chi connectivity index (χ3n) is 3.61. The van der Waals surface area contributed by atoms with Crippen LogP contribution in [-0.4, -0.2) is 31.1 Å². The average Bonchev–Trinajstić information content (AvgIpc) is 3.02. The molecule has 1 aromatic heterocycles. The van der Waals surface area contributed by atoms with Gasteiger partial charge in [0.25, 0.3) is 5.91 Å². The van der Waals surface area contributed by atoms with Crippen LogP contribution in [0.2, 0.25) is 0 Å². The number of primary amides is 2. The second kappa shape index (κ2) is 8.45. The second-order valence-corrected chi connectivity index (χ2v) is 6.59. The quantitative estimate of drug-likeness (QED) is 0.545. The number of ether oxygens (including phenoxy) is 1. The predicted molar refractivity (Wildman–Crippen MR) is 99.8 cm³/mol. The van der Waals surface area contributed by atoms with Crippen molar-refractivity contribution in [3.8, 4) is 10.4 Å². The molecule has 2 aromatic rings. The Morgan fingerprint density at radius 1 is 1.23 bits per heavy atom. The van der Waals surface area contributed by atoms with E-state index in [4.69, 9.17) is 11.5 Å². The molecule has 0 unspecified atom stereocenters. The Morgan fingerprint density at radius 2 is 1.96 bits per heavy atom. The first kappa shape index (κ1) is 19.4. The molecule has 0 saturated carbocycles. The van der Waals surface area contributed by atoms with Gasteiger partial charge >= 0.3 is 12.0 Å². The zero-order valence-corrected chi connectivity index (χ0v) is 15.2. The number of methoxy groups -OCH3 is 1. The summed E-state index contributed by atoms with van der Waals surface area (Å²) in [5.41, 5.74) is 12.5. The first-order valence-corrected chi connectivity index (χ1v) is 8.54. The number of amides is 3. The van der Waals surface area contributed by atoms with Crippen LogP contribution in [0.25, 0.3) is 10.4 Å². The number of hydrogen-bond acceptors (Lipinski definition) is 6. The molecule has 1 heterocycles. The summed E-state index contributed by atoms with van der Waals surface area (Å²) in [5.74, 6) is -0.992. The minimum absolute atomic E-state index is 0.201. The summed E-state index contributed by atoms with van der Waals surface area (Å²) in [6.45, 7) is 2.18. The molecule has 8 nitrogen and oxygen atoms in total.